The van der Waals surface area contributed by atoms with Gasteiger partial charge in [0.15, 0.2) is 0 Å². The number of anilines is 1. The fourth-order valence-corrected chi connectivity index (χ4v) is 3.06. The molecule has 2 heterocycles. The second kappa shape index (κ2) is 7.59. The van der Waals surface area contributed by atoms with Crippen molar-refractivity contribution in [1.82, 2.24) is 20.1 Å². The van der Waals surface area contributed by atoms with Crippen LogP contribution in [0.2, 0.25) is 0 Å². The Labute approximate surface area is 164 Å². The van der Waals surface area contributed by atoms with Gasteiger partial charge in [0, 0.05) is 24.5 Å². The molecule has 2 aromatic carbocycles. The van der Waals surface area contributed by atoms with Gasteiger partial charge in [-0.2, -0.15) is 0 Å². The highest BCUT2D eigenvalue weighted by atomic mass is 19.1. The minimum Gasteiger partial charge on any atom is -0.403 e. The van der Waals surface area contributed by atoms with Crippen molar-refractivity contribution in [2.45, 2.75) is 0 Å². The Morgan fingerprint density at radius 2 is 1.79 bits per heavy atom. The van der Waals surface area contributed by atoms with Crippen molar-refractivity contribution in [3.63, 3.8) is 0 Å². The minimum absolute atomic E-state index is 0.0907. The number of halogens is 3. The molecular weight excluding hydrogens is 383 g/mol. The van der Waals surface area contributed by atoms with Gasteiger partial charge < -0.3 is 19.6 Å². The summed E-state index contributed by atoms with van der Waals surface area (Å²) in [6.07, 6.45) is 0. The molecule has 0 saturated carbocycles. The summed E-state index contributed by atoms with van der Waals surface area (Å²) in [6.45, 7) is 1.33. The topological polar surface area (TPSA) is 70.0 Å². The van der Waals surface area contributed by atoms with Gasteiger partial charge in [-0.15, -0.1) is 5.10 Å². The van der Waals surface area contributed by atoms with Crippen LogP contribution in [0.5, 0.6) is 0 Å². The van der Waals surface area contributed by atoms with Crippen LogP contribution in [0.3, 0.4) is 0 Å². The van der Waals surface area contributed by atoms with Crippen LogP contribution >= 0.6 is 0 Å². The quantitative estimate of drug-likeness (QED) is 0.505. The van der Waals surface area contributed by atoms with Crippen LogP contribution in [0.15, 0.2) is 40.8 Å². The standard InChI is InChI=1S/C20H18F3N5O/c1-28(2)8-7-24-20-27-26-19(29-20)16-14-9-13(22)10-15(23)18(14)25-17(16)11-3-5-12(21)6-4-11/h3-6,9-10,25H,7-8H2,1-2H3,(H,24,27). The summed E-state index contributed by atoms with van der Waals surface area (Å²) in [4.78, 5) is 4.93. The van der Waals surface area contributed by atoms with Gasteiger partial charge in [-0.25, -0.2) is 13.2 Å². The first kappa shape index (κ1) is 19.0. The molecule has 0 radical (unpaired) electrons. The van der Waals surface area contributed by atoms with Gasteiger partial charge in [0.25, 0.3) is 5.89 Å². The summed E-state index contributed by atoms with van der Waals surface area (Å²) in [5, 5.41) is 11.3. The number of nitrogens with one attached hydrogen (secondary N) is 2. The third-order valence-electron chi connectivity index (χ3n) is 4.43. The van der Waals surface area contributed by atoms with E-state index in [1.54, 1.807) is 0 Å². The number of hydrogen-bond donors (Lipinski definition) is 2. The molecule has 2 aromatic heterocycles. The zero-order chi connectivity index (χ0) is 20.5. The van der Waals surface area contributed by atoms with Crippen LogP contribution in [0.1, 0.15) is 0 Å². The number of rotatable bonds is 6. The summed E-state index contributed by atoms with van der Waals surface area (Å²) in [5.74, 6) is -1.80. The van der Waals surface area contributed by atoms with Crippen LogP contribution in [-0.4, -0.2) is 47.3 Å². The van der Waals surface area contributed by atoms with Crippen LogP contribution in [0.25, 0.3) is 33.6 Å². The highest BCUT2D eigenvalue weighted by molar-refractivity contribution is 6.02. The van der Waals surface area contributed by atoms with E-state index in [0.717, 1.165) is 12.6 Å². The van der Waals surface area contributed by atoms with E-state index in [-0.39, 0.29) is 22.8 Å². The van der Waals surface area contributed by atoms with E-state index in [1.165, 1.54) is 30.3 Å². The second-order valence-corrected chi connectivity index (χ2v) is 6.83. The van der Waals surface area contributed by atoms with E-state index in [1.807, 2.05) is 19.0 Å². The Balaban J connectivity index is 1.83. The van der Waals surface area contributed by atoms with Crippen LogP contribution in [0, 0.1) is 17.5 Å². The van der Waals surface area contributed by atoms with E-state index < -0.39 is 17.5 Å². The summed E-state index contributed by atoms with van der Waals surface area (Å²) in [7, 11) is 3.87. The molecule has 0 bridgehead atoms. The molecule has 6 nitrogen and oxygen atoms in total. The fraction of sp³-hybridized carbons (Fsp3) is 0.200. The molecular formula is C20H18F3N5O. The first-order chi connectivity index (χ1) is 13.9. The lowest BCUT2D eigenvalue weighted by atomic mass is 10.0. The van der Waals surface area contributed by atoms with Crippen molar-refractivity contribution < 1.29 is 17.6 Å². The van der Waals surface area contributed by atoms with Gasteiger partial charge in [-0.1, -0.05) is 5.10 Å². The fourth-order valence-electron chi connectivity index (χ4n) is 3.06. The molecule has 0 aliphatic rings. The van der Waals surface area contributed by atoms with Gasteiger partial charge in [-0.3, -0.25) is 0 Å². The maximum absolute atomic E-state index is 14.4. The third kappa shape index (κ3) is 3.81. The average molecular weight is 401 g/mol. The van der Waals surface area contributed by atoms with E-state index in [4.69, 9.17) is 4.42 Å². The van der Waals surface area contributed by atoms with Gasteiger partial charge in [0.1, 0.15) is 17.5 Å². The lowest BCUT2D eigenvalue weighted by molar-refractivity contribution is 0.422. The van der Waals surface area contributed by atoms with Gasteiger partial charge >= 0.3 is 6.01 Å². The summed E-state index contributed by atoms with van der Waals surface area (Å²) in [6, 6.07) is 7.81. The molecule has 2 N–H and O–H groups in total. The molecule has 0 amide bonds. The molecule has 0 fully saturated rings. The maximum Gasteiger partial charge on any atom is 0.315 e. The Bertz CT molecular complexity index is 1150. The molecule has 4 rings (SSSR count). The summed E-state index contributed by atoms with van der Waals surface area (Å²) < 4.78 is 47.3. The first-order valence-electron chi connectivity index (χ1n) is 8.91. The number of nitrogens with zero attached hydrogens (tertiary/aromatic N) is 3. The van der Waals surface area contributed by atoms with Crippen molar-refractivity contribution in [2.75, 3.05) is 32.5 Å². The van der Waals surface area contributed by atoms with Crippen molar-refractivity contribution in [2.24, 2.45) is 0 Å². The predicted molar refractivity (Wildman–Crippen MR) is 104 cm³/mol. The van der Waals surface area contributed by atoms with Crippen molar-refractivity contribution >= 4 is 16.9 Å². The highest BCUT2D eigenvalue weighted by Gasteiger charge is 2.23. The summed E-state index contributed by atoms with van der Waals surface area (Å²) >= 11 is 0. The van der Waals surface area contributed by atoms with Crippen molar-refractivity contribution in [3.05, 3.63) is 53.8 Å². The number of likely N-dealkylation sites (N-methyl/N-ethyl adjacent to an activating group) is 1. The highest BCUT2D eigenvalue weighted by Crippen LogP contribution is 2.39. The normalized spacial score (nSPS) is 11.5. The van der Waals surface area contributed by atoms with E-state index in [2.05, 4.69) is 20.5 Å². The second-order valence-electron chi connectivity index (χ2n) is 6.83. The smallest absolute Gasteiger partial charge is 0.315 e. The summed E-state index contributed by atoms with van der Waals surface area (Å²) in [5.41, 5.74) is 1.44. The van der Waals surface area contributed by atoms with Crippen molar-refractivity contribution in [3.8, 4) is 22.7 Å². The van der Waals surface area contributed by atoms with Crippen LogP contribution in [0.4, 0.5) is 19.2 Å². The lowest BCUT2D eigenvalue weighted by Crippen LogP contribution is -2.20. The van der Waals surface area contributed by atoms with Gasteiger partial charge in [0.05, 0.1) is 16.8 Å². The first-order valence-corrected chi connectivity index (χ1v) is 8.91. The van der Waals surface area contributed by atoms with E-state index in [0.29, 0.717) is 23.4 Å². The van der Waals surface area contributed by atoms with Gasteiger partial charge in [0.2, 0.25) is 0 Å². The number of H-pyrrole nitrogens is 1. The van der Waals surface area contributed by atoms with Crippen molar-refractivity contribution in [1.29, 1.82) is 0 Å². The Hall–Kier alpha value is -3.33. The van der Waals surface area contributed by atoms with Gasteiger partial charge in [-0.05, 0) is 50.0 Å². The third-order valence-corrected chi connectivity index (χ3v) is 4.43. The molecule has 0 spiro atoms. The number of hydrogen-bond acceptors (Lipinski definition) is 5. The largest absolute Gasteiger partial charge is 0.403 e. The lowest BCUT2D eigenvalue weighted by Gasteiger charge is -2.08. The maximum atomic E-state index is 14.4. The number of fused-ring (bicyclic) bond motifs is 1. The molecule has 4 aromatic rings. The molecule has 29 heavy (non-hydrogen) atoms. The minimum atomic E-state index is -0.751. The van der Waals surface area contributed by atoms with Crippen LogP contribution in [-0.2, 0) is 0 Å². The zero-order valence-electron chi connectivity index (χ0n) is 15.8. The van der Waals surface area contributed by atoms with E-state index in [9.17, 15) is 13.2 Å². The van der Waals surface area contributed by atoms with Crippen LogP contribution < -0.4 is 5.32 Å². The Morgan fingerprint density at radius 1 is 1.03 bits per heavy atom. The Morgan fingerprint density at radius 3 is 2.52 bits per heavy atom. The zero-order valence-corrected chi connectivity index (χ0v) is 15.8. The molecule has 0 atom stereocenters. The van der Waals surface area contributed by atoms with E-state index >= 15 is 0 Å². The Kier molecular flexibility index (Phi) is 4.98. The number of benzene rings is 2. The predicted octanol–water partition coefficient (Wildman–Crippen LogP) is 4.28. The molecule has 0 saturated heterocycles. The molecule has 150 valence electrons. The molecule has 0 aliphatic heterocycles. The average Bonchev–Trinajstić information content (AvgIpc) is 3.26. The molecule has 9 heteroatoms. The molecule has 0 aliphatic carbocycles. The molecule has 0 unspecified atom stereocenters. The number of aromatic nitrogens is 3. The monoisotopic (exact) mass is 401 g/mol. The number of aromatic amines is 1. The SMILES string of the molecule is CN(C)CCNc1nnc(-c2c(-c3ccc(F)cc3)[nH]c3c(F)cc(F)cc23)o1.